The van der Waals surface area contributed by atoms with Crippen molar-refractivity contribution in [3.05, 3.63) is 10.8 Å². The summed E-state index contributed by atoms with van der Waals surface area (Å²) < 4.78 is 49.8. The molecule has 1 aromatic rings. The third-order valence-corrected chi connectivity index (χ3v) is 8.64. The van der Waals surface area contributed by atoms with Crippen LogP contribution in [0.3, 0.4) is 0 Å². The second kappa shape index (κ2) is 9.79. The highest BCUT2D eigenvalue weighted by Gasteiger charge is 2.27. The predicted octanol–water partition coefficient (Wildman–Crippen LogP) is 4.46. The van der Waals surface area contributed by atoms with E-state index in [-0.39, 0.29) is 21.3 Å². The molecule has 0 aromatic carbocycles. The predicted molar refractivity (Wildman–Crippen MR) is 96.7 cm³/mol. The maximum absolute atomic E-state index is 12.4. The van der Waals surface area contributed by atoms with E-state index in [1.54, 1.807) is 0 Å². The van der Waals surface area contributed by atoms with Crippen LogP contribution in [0.5, 0.6) is 0 Å². The molecule has 0 aliphatic carbocycles. The van der Waals surface area contributed by atoms with Crippen molar-refractivity contribution in [3.8, 4) is 0 Å². The summed E-state index contributed by atoms with van der Waals surface area (Å²) in [5.74, 6) is 0.0597. The summed E-state index contributed by atoms with van der Waals surface area (Å²) in [5, 5.41) is 2.93. The molecule has 0 saturated carbocycles. The molecule has 0 spiro atoms. The van der Waals surface area contributed by atoms with Crippen LogP contribution in [0.15, 0.2) is 20.6 Å². The van der Waals surface area contributed by atoms with Crippen LogP contribution >= 0.6 is 11.3 Å². The Bertz CT molecular complexity index is 601. The summed E-state index contributed by atoms with van der Waals surface area (Å²) in [6, 6.07) is 0. The second-order valence-electron chi connectivity index (χ2n) is 5.86. The molecule has 0 atom stereocenters. The normalized spacial score (nSPS) is 12.6. The Balaban J connectivity index is 2.81. The Morgan fingerprint density at radius 3 is 1.43 bits per heavy atom. The highest BCUT2D eigenvalue weighted by atomic mass is 32.2. The van der Waals surface area contributed by atoms with Gasteiger partial charge in [0.25, 0.3) is 0 Å². The SMILES string of the molecule is CCCCCCS(=O)(=O)c1cscc1S(=O)(=O)CCCCCC. The van der Waals surface area contributed by atoms with Crippen LogP contribution in [0.1, 0.15) is 65.2 Å². The van der Waals surface area contributed by atoms with Crippen LogP contribution in [0, 0.1) is 0 Å². The molecule has 0 aliphatic heterocycles. The van der Waals surface area contributed by atoms with Crippen molar-refractivity contribution in [1.82, 2.24) is 0 Å². The van der Waals surface area contributed by atoms with E-state index in [0.717, 1.165) is 49.9 Å². The molecule has 0 bridgehead atoms. The van der Waals surface area contributed by atoms with Gasteiger partial charge in [-0.1, -0.05) is 52.4 Å². The molecule has 0 saturated heterocycles. The summed E-state index contributed by atoms with van der Waals surface area (Å²) in [5.41, 5.74) is 0. The highest BCUT2D eigenvalue weighted by Crippen LogP contribution is 2.28. The Morgan fingerprint density at radius 2 is 1.09 bits per heavy atom. The van der Waals surface area contributed by atoms with Gasteiger partial charge in [0.1, 0.15) is 0 Å². The molecule has 1 aromatic heterocycles. The molecule has 0 unspecified atom stereocenters. The third kappa shape index (κ3) is 6.55. The van der Waals surface area contributed by atoms with Gasteiger partial charge < -0.3 is 0 Å². The molecule has 0 amide bonds. The Labute approximate surface area is 145 Å². The van der Waals surface area contributed by atoms with Crippen LogP contribution in [0.4, 0.5) is 0 Å². The minimum Gasteiger partial charge on any atom is -0.224 e. The summed E-state index contributed by atoms with van der Waals surface area (Å²) in [6.45, 7) is 4.13. The lowest BCUT2D eigenvalue weighted by molar-refractivity contribution is 0.577. The smallest absolute Gasteiger partial charge is 0.180 e. The van der Waals surface area contributed by atoms with E-state index in [0.29, 0.717) is 12.8 Å². The van der Waals surface area contributed by atoms with Gasteiger partial charge in [0.2, 0.25) is 0 Å². The molecule has 0 aliphatic rings. The molecule has 0 radical (unpaired) electrons. The van der Waals surface area contributed by atoms with Crippen molar-refractivity contribution in [2.45, 2.75) is 75.0 Å². The van der Waals surface area contributed by atoms with Crippen molar-refractivity contribution < 1.29 is 16.8 Å². The first-order valence-electron chi connectivity index (χ1n) is 8.37. The summed E-state index contributed by atoms with van der Waals surface area (Å²) in [7, 11) is -7.03. The molecule has 0 N–H and O–H groups in total. The Morgan fingerprint density at radius 1 is 0.696 bits per heavy atom. The van der Waals surface area contributed by atoms with Gasteiger partial charge in [-0.3, -0.25) is 0 Å². The average molecular weight is 381 g/mol. The molecule has 0 fully saturated rings. The first-order valence-corrected chi connectivity index (χ1v) is 12.6. The van der Waals surface area contributed by atoms with Crippen molar-refractivity contribution in [1.29, 1.82) is 0 Å². The molecule has 1 heterocycles. The number of unbranched alkanes of at least 4 members (excludes halogenated alkanes) is 6. The van der Waals surface area contributed by atoms with Gasteiger partial charge in [-0.15, -0.1) is 11.3 Å². The summed E-state index contributed by atoms with van der Waals surface area (Å²) in [4.78, 5) is 0.0176. The zero-order valence-electron chi connectivity index (χ0n) is 14.1. The van der Waals surface area contributed by atoms with E-state index in [4.69, 9.17) is 0 Å². The van der Waals surface area contributed by atoms with Crippen LogP contribution in [-0.4, -0.2) is 28.3 Å². The summed E-state index contributed by atoms with van der Waals surface area (Å²) in [6.07, 6.45) is 6.97. The van der Waals surface area contributed by atoms with Crippen LogP contribution < -0.4 is 0 Å². The van der Waals surface area contributed by atoms with E-state index in [1.807, 2.05) is 0 Å². The first-order chi connectivity index (χ1) is 10.8. The molecule has 23 heavy (non-hydrogen) atoms. The lowest BCUT2D eigenvalue weighted by Gasteiger charge is -2.07. The molecule has 4 nitrogen and oxygen atoms in total. The van der Waals surface area contributed by atoms with Gasteiger partial charge >= 0.3 is 0 Å². The van der Waals surface area contributed by atoms with E-state index >= 15 is 0 Å². The number of rotatable bonds is 12. The zero-order chi connectivity index (χ0) is 17.3. The zero-order valence-corrected chi connectivity index (χ0v) is 16.5. The third-order valence-electron chi connectivity index (χ3n) is 3.80. The molecule has 7 heteroatoms. The monoisotopic (exact) mass is 380 g/mol. The fourth-order valence-electron chi connectivity index (χ4n) is 2.38. The van der Waals surface area contributed by atoms with Gasteiger partial charge in [-0.2, -0.15) is 0 Å². The molecule has 134 valence electrons. The van der Waals surface area contributed by atoms with Crippen LogP contribution in [0.2, 0.25) is 0 Å². The molecular weight excluding hydrogens is 352 g/mol. The van der Waals surface area contributed by atoms with E-state index in [2.05, 4.69) is 13.8 Å². The van der Waals surface area contributed by atoms with E-state index in [1.165, 1.54) is 10.8 Å². The number of hydrogen-bond acceptors (Lipinski definition) is 5. The maximum atomic E-state index is 12.4. The first kappa shape index (κ1) is 20.6. The summed E-state index contributed by atoms with van der Waals surface area (Å²) >= 11 is 1.15. The number of hydrogen-bond donors (Lipinski definition) is 0. The largest absolute Gasteiger partial charge is 0.224 e. The van der Waals surface area contributed by atoms with Gasteiger partial charge in [-0.25, -0.2) is 16.8 Å². The van der Waals surface area contributed by atoms with Gasteiger partial charge in [0.15, 0.2) is 19.7 Å². The standard InChI is InChI=1S/C16H28O4S3/c1-3-5-7-9-11-22(17,18)15-13-21-14-16(15)23(19,20)12-10-8-6-4-2/h13-14H,3-12H2,1-2H3. The van der Waals surface area contributed by atoms with Crippen molar-refractivity contribution in [2.75, 3.05) is 11.5 Å². The van der Waals surface area contributed by atoms with Gasteiger partial charge in [0.05, 0.1) is 21.3 Å². The van der Waals surface area contributed by atoms with E-state index < -0.39 is 19.7 Å². The minimum atomic E-state index is -3.52. The van der Waals surface area contributed by atoms with Gasteiger partial charge in [0, 0.05) is 10.8 Å². The maximum Gasteiger partial charge on any atom is 0.180 e. The van der Waals surface area contributed by atoms with Crippen molar-refractivity contribution >= 4 is 31.0 Å². The van der Waals surface area contributed by atoms with Crippen LogP contribution in [0.25, 0.3) is 0 Å². The average Bonchev–Trinajstić information content (AvgIpc) is 3.00. The van der Waals surface area contributed by atoms with E-state index in [9.17, 15) is 16.8 Å². The minimum absolute atomic E-state index is 0.00879. The Hall–Kier alpha value is -0.400. The van der Waals surface area contributed by atoms with Crippen molar-refractivity contribution in [2.24, 2.45) is 0 Å². The molecular formula is C16H28O4S3. The Kier molecular flexibility index (Phi) is 8.79. The highest BCUT2D eigenvalue weighted by molar-refractivity contribution is 7.94. The van der Waals surface area contributed by atoms with Crippen molar-refractivity contribution in [3.63, 3.8) is 0 Å². The lowest BCUT2D eigenvalue weighted by Crippen LogP contribution is -2.13. The second-order valence-corrected chi connectivity index (χ2v) is 10.8. The fraction of sp³-hybridized carbons (Fsp3) is 0.750. The molecule has 1 rings (SSSR count). The number of sulfone groups is 2. The van der Waals surface area contributed by atoms with Gasteiger partial charge in [-0.05, 0) is 12.8 Å². The topological polar surface area (TPSA) is 68.3 Å². The van der Waals surface area contributed by atoms with Crippen LogP contribution in [-0.2, 0) is 19.7 Å². The lowest BCUT2D eigenvalue weighted by atomic mass is 10.2. The number of thiophene rings is 1. The fourth-order valence-corrected chi connectivity index (χ4v) is 7.71. The quantitative estimate of drug-likeness (QED) is 0.502.